The van der Waals surface area contributed by atoms with Crippen molar-refractivity contribution in [2.24, 2.45) is 0 Å². The fourth-order valence-electron chi connectivity index (χ4n) is 4.69. The summed E-state index contributed by atoms with van der Waals surface area (Å²) in [7, 11) is 0. The van der Waals surface area contributed by atoms with Crippen LogP contribution in [0.2, 0.25) is 0 Å². The van der Waals surface area contributed by atoms with Gasteiger partial charge in [0.25, 0.3) is 11.7 Å². The van der Waals surface area contributed by atoms with Crippen LogP contribution in [0.4, 0.5) is 0 Å². The first-order valence-corrected chi connectivity index (χ1v) is 11.6. The van der Waals surface area contributed by atoms with Crippen molar-refractivity contribution < 1.29 is 19.4 Å². The number of likely N-dealkylation sites (tertiary alicyclic amines) is 1. The number of para-hydroxylation sites is 1. The number of amides is 1. The zero-order valence-electron chi connectivity index (χ0n) is 19.5. The third-order valence-electron chi connectivity index (χ3n) is 6.59. The number of hydrogen-bond donors (Lipinski definition) is 1. The molecule has 0 unspecified atom stereocenters. The molecule has 2 saturated heterocycles. The van der Waals surface area contributed by atoms with Gasteiger partial charge in [0, 0.05) is 38.6 Å². The second kappa shape index (κ2) is 9.81. The standard InChI is InChI=1S/C26H27N5O4/c1-18-21(17-28-31(18)20-5-3-2-4-6-20)24(32)22-23(19-7-9-27-10-8-19)30(26(34)25(22)33)12-11-29-13-15-35-16-14-29/h2-10,17,23,32H,11-16H2,1H3/b24-22+/t23-/m0/s1. The molecule has 0 aliphatic carbocycles. The molecule has 4 heterocycles. The van der Waals surface area contributed by atoms with Crippen LogP contribution in [0.25, 0.3) is 11.4 Å². The highest BCUT2D eigenvalue weighted by molar-refractivity contribution is 6.46. The average molecular weight is 474 g/mol. The molecule has 0 bridgehead atoms. The molecule has 0 spiro atoms. The zero-order chi connectivity index (χ0) is 24.4. The molecule has 2 aromatic heterocycles. The first kappa shape index (κ1) is 22.9. The Balaban J connectivity index is 1.54. The smallest absolute Gasteiger partial charge is 0.295 e. The van der Waals surface area contributed by atoms with Gasteiger partial charge in [0.1, 0.15) is 5.76 Å². The third kappa shape index (κ3) is 4.36. The lowest BCUT2D eigenvalue weighted by molar-refractivity contribution is -0.140. The van der Waals surface area contributed by atoms with Crippen molar-refractivity contribution in [1.82, 2.24) is 24.6 Å². The number of hydrogen-bond acceptors (Lipinski definition) is 7. The number of rotatable bonds is 6. The minimum atomic E-state index is -0.710. The summed E-state index contributed by atoms with van der Waals surface area (Å²) < 4.78 is 7.11. The Hall–Kier alpha value is -3.82. The maximum Gasteiger partial charge on any atom is 0.295 e. The van der Waals surface area contributed by atoms with Crippen molar-refractivity contribution in [1.29, 1.82) is 0 Å². The lowest BCUT2D eigenvalue weighted by Gasteiger charge is -2.30. The Morgan fingerprint density at radius 2 is 1.77 bits per heavy atom. The van der Waals surface area contributed by atoms with Crippen molar-refractivity contribution in [2.75, 3.05) is 39.4 Å². The van der Waals surface area contributed by atoms with E-state index in [1.54, 1.807) is 34.1 Å². The molecule has 2 fully saturated rings. The molecule has 3 aromatic rings. The molecular weight excluding hydrogens is 446 g/mol. The molecule has 180 valence electrons. The second-order valence-electron chi connectivity index (χ2n) is 8.62. The highest BCUT2D eigenvalue weighted by Crippen LogP contribution is 2.39. The molecule has 2 aliphatic rings. The van der Waals surface area contributed by atoms with E-state index in [4.69, 9.17) is 4.74 Å². The number of ether oxygens (including phenoxy) is 1. The number of benzene rings is 1. The van der Waals surface area contributed by atoms with Crippen LogP contribution in [0.1, 0.15) is 22.9 Å². The number of aromatic nitrogens is 3. The Morgan fingerprint density at radius 3 is 2.49 bits per heavy atom. The van der Waals surface area contributed by atoms with E-state index < -0.39 is 17.7 Å². The van der Waals surface area contributed by atoms with Crippen molar-refractivity contribution >= 4 is 17.4 Å². The van der Waals surface area contributed by atoms with E-state index in [9.17, 15) is 14.7 Å². The number of morpholine rings is 1. The van der Waals surface area contributed by atoms with Gasteiger partial charge in [0.2, 0.25) is 0 Å². The SMILES string of the molecule is Cc1c(/C(O)=C2\C(=O)C(=O)N(CCN3CCOCC3)[C@H]2c2ccncc2)cnn1-c1ccccc1. The Labute approximate surface area is 203 Å². The van der Waals surface area contributed by atoms with E-state index in [0.29, 0.717) is 37.6 Å². The van der Waals surface area contributed by atoms with E-state index in [0.717, 1.165) is 24.3 Å². The molecule has 1 atom stereocenters. The summed E-state index contributed by atoms with van der Waals surface area (Å²) in [5.74, 6) is -1.54. The number of aliphatic hydroxyl groups is 1. The van der Waals surface area contributed by atoms with E-state index in [-0.39, 0.29) is 11.3 Å². The number of carbonyl (C=O) groups is 2. The van der Waals surface area contributed by atoms with Crippen molar-refractivity contribution in [3.05, 3.63) is 83.4 Å². The van der Waals surface area contributed by atoms with Gasteiger partial charge in [0.15, 0.2) is 0 Å². The van der Waals surface area contributed by atoms with Gasteiger partial charge < -0.3 is 14.7 Å². The summed E-state index contributed by atoms with van der Waals surface area (Å²) in [6.07, 6.45) is 4.77. The molecule has 1 aromatic carbocycles. The number of carbonyl (C=O) groups excluding carboxylic acids is 2. The fourth-order valence-corrected chi connectivity index (χ4v) is 4.69. The van der Waals surface area contributed by atoms with E-state index >= 15 is 0 Å². The van der Waals surface area contributed by atoms with Gasteiger partial charge in [-0.1, -0.05) is 18.2 Å². The van der Waals surface area contributed by atoms with Gasteiger partial charge >= 0.3 is 0 Å². The Morgan fingerprint density at radius 1 is 1.06 bits per heavy atom. The maximum absolute atomic E-state index is 13.3. The van der Waals surface area contributed by atoms with Crippen molar-refractivity contribution in [3.63, 3.8) is 0 Å². The Bertz CT molecular complexity index is 1250. The van der Waals surface area contributed by atoms with Crippen LogP contribution >= 0.6 is 0 Å². The molecule has 5 rings (SSSR count). The maximum atomic E-state index is 13.3. The summed E-state index contributed by atoms with van der Waals surface area (Å²) >= 11 is 0. The van der Waals surface area contributed by atoms with E-state index in [1.807, 2.05) is 37.3 Å². The summed E-state index contributed by atoms with van der Waals surface area (Å²) in [6.45, 7) is 5.66. The van der Waals surface area contributed by atoms with E-state index in [1.165, 1.54) is 6.20 Å². The van der Waals surface area contributed by atoms with Crippen LogP contribution in [0.5, 0.6) is 0 Å². The van der Waals surface area contributed by atoms with Gasteiger partial charge in [-0.3, -0.25) is 19.5 Å². The average Bonchev–Trinajstić information content (AvgIpc) is 3.41. The van der Waals surface area contributed by atoms with Crippen LogP contribution < -0.4 is 0 Å². The zero-order valence-corrected chi connectivity index (χ0v) is 19.5. The quantitative estimate of drug-likeness (QED) is 0.333. The highest BCUT2D eigenvalue weighted by Gasteiger charge is 2.46. The topological polar surface area (TPSA) is 101 Å². The molecule has 9 heteroatoms. The largest absolute Gasteiger partial charge is 0.507 e. The van der Waals surface area contributed by atoms with Gasteiger partial charge in [-0.15, -0.1) is 0 Å². The molecule has 35 heavy (non-hydrogen) atoms. The summed E-state index contributed by atoms with van der Waals surface area (Å²) in [6, 6.07) is 12.4. The minimum absolute atomic E-state index is 0.0684. The number of pyridine rings is 1. The van der Waals surface area contributed by atoms with Crippen LogP contribution in [0.15, 0.2) is 66.6 Å². The van der Waals surface area contributed by atoms with Gasteiger partial charge in [0.05, 0.1) is 48.0 Å². The molecule has 0 saturated carbocycles. The van der Waals surface area contributed by atoms with Crippen LogP contribution in [-0.2, 0) is 14.3 Å². The van der Waals surface area contributed by atoms with Crippen molar-refractivity contribution in [2.45, 2.75) is 13.0 Å². The molecule has 9 nitrogen and oxygen atoms in total. The van der Waals surface area contributed by atoms with E-state index in [2.05, 4.69) is 15.0 Å². The first-order chi connectivity index (χ1) is 17.1. The normalized spacial score (nSPS) is 20.5. The van der Waals surface area contributed by atoms with Crippen molar-refractivity contribution in [3.8, 4) is 5.69 Å². The van der Waals surface area contributed by atoms with Crippen LogP contribution in [-0.4, -0.2) is 80.8 Å². The highest BCUT2D eigenvalue weighted by atomic mass is 16.5. The van der Waals surface area contributed by atoms with Crippen LogP contribution in [0.3, 0.4) is 0 Å². The lowest BCUT2D eigenvalue weighted by Crippen LogP contribution is -2.42. The summed E-state index contributed by atoms with van der Waals surface area (Å²) in [4.78, 5) is 34.3. The monoisotopic (exact) mass is 473 g/mol. The van der Waals surface area contributed by atoms with Crippen LogP contribution in [0, 0.1) is 6.92 Å². The summed E-state index contributed by atoms with van der Waals surface area (Å²) in [5, 5.41) is 15.8. The Kier molecular flexibility index (Phi) is 6.43. The second-order valence-corrected chi connectivity index (χ2v) is 8.62. The van der Waals surface area contributed by atoms with Gasteiger partial charge in [-0.2, -0.15) is 5.10 Å². The molecule has 1 N–H and O–H groups in total. The molecule has 1 amide bonds. The predicted molar refractivity (Wildman–Crippen MR) is 129 cm³/mol. The fraction of sp³-hybridized carbons (Fsp3) is 0.308. The molecule has 2 aliphatic heterocycles. The van der Waals surface area contributed by atoms with Gasteiger partial charge in [-0.25, -0.2) is 4.68 Å². The minimum Gasteiger partial charge on any atom is -0.507 e. The number of nitrogens with zero attached hydrogens (tertiary/aromatic N) is 5. The third-order valence-corrected chi connectivity index (χ3v) is 6.59. The predicted octanol–water partition coefficient (Wildman–Crippen LogP) is 2.33. The lowest BCUT2D eigenvalue weighted by atomic mass is 9.96. The molecular formula is C26H27N5O4. The first-order valence-electron chi connectivity index (χ1n) is 11.6. The number of ketones is 1. The van der Waals surface area contributed by atoms with Gasteiger partial charge in [-0.05, 0) is 36.8 Å². The summed E-state index contributed by atoms with van der Waals surface area (Å²) in [5.41, 5.74) is 2.70. The molecule has 0 radical (unpaired) electrons. The number of Topliss-reactive ketones (excluding diaryl/α,β-unsaturated/α-hetero) is 1. The number of aliphatic hydroxyl groups excluding tert-OH is 1.